The molecule has 2 rings (SSSR count). The third kappa shape index (κ3) is 4.33. The highest BCUT2D eigenvalue weighted by Crippen LogP contribution is 2.38. The fraction of sp³-hybridized carbons (Fsp3) is 0.611. The number of carboxylic acid groups (broad SMARTS) is 1. The molecule has 1 unspecified atom stereocenters. The summed E-state index contributed by atoms with van der Waals surface area (Å²) in [4.78, 5) is 13.5. The molecule has 1 atom stereocenters. The van der Waals surface area contributed by atoms with Gasteiger partial charge in [-0.1, -0.05) is 18.5 Å². The predicted molar refractivity (Wildman–Crippen MR) is 94.0 cm³/mol. The topological polar surface area (TPSA) is 59.0 Å². The number of hydrogen-bond donors (Lipinski definition) is 1. The van der Waals surface area contributed by atoms with Crippen molar-refractivity contribution in [3.8, 4) is 11.5 Å². The van der Waals surface area contributed by atoms with Gasteiger partial charge in [0.2, 0.25) is 0 Å². The Balaban J connectivity index is 2.15. The van der Waals surface area contributed by atoms with E-state index in [1.165, 1.54) is 0 Å². The maximum Gasteiger partial charge on any atom is 0.310 e. The highest BCUT2D eigenvalue weighted by atomic mass is 35.5. The van der Waals surface area contributed by atoms with Gasteiger partial charge in [-0.15, -0.1) is 0 Å². The molecule has 0 bridgehead atoms. The number of rotatable bonds is 8. The molecule has 6 heteroatoms. The maximum atomic E-state index is 11.4. The molecule has 0 amide bonds. The van der Waals surface area contributed by atoms with Gasteiger partial charge in [-0.2, -0.15) is 0 Å². The second-order valence-corrected chi connectivity index (χ2v) is 6.92. The third-order valence-corrected chi connectivity index (χ3v) is 4.58. The van der Waals surface area contributed by atoms with Gasteiger partial charge in [-0.05, 0) is 50.9 Å². The van der Waals surface area contributed by atoms with Crippen molar-refractivity contribution in [2.75, 3.05) is 26.3 Å². The Morgan fingerprint density at radius 1 is 1.38 bits per heavy atom. The number of nitrogens with zero attached hydrogens (tertiary/aromatic N) is 1. The zero-order valence-electron chi connectivity index (χ0n) is 14.6. The lowest BCUT2D eigenvalue weighted by atomic mass is 9.90. The Labute approximate surface area is 148 Å². The molecule has 1 heterocycles. The molecular formula is C18H26ClNO4. The van der Waals surface area contributed by atoms with Gasteiger partial charge in [0, 0.05) is 13.1 Å². The predicted octanol–water partition coefficient (Wildman–Crippen LogP) is 3.82. The molecule has 24 heavy (non-hydrogen) atoms. The molecule has 5 nitrogen and oxygen atoms in total. The van der Waals surface area contributed by atoms with Crippen LogP contribution in [0.25, 0.3) is 0 Å². The minimum atomic E-state index is -0.735. The highest BCUT2D eigenvalue weighted by molar-refractivity contribution is 6.32. The van der Waals surface area contributed by atoms with E-state index in [4.69, 9.17) is 21.1 Å². The lowest BCUT2D eigenvalue weighted by Crippen LogP contribution is -2.31. The van der Waals surface area contributed by atoms with Gasteiger partial charge in [0.15, 0.2) is 11.5 Å². The molecule has 1 fully saturated rings. The summed E-state index contributed by atoms with van der Waals surface area (Å²) >= 11 is 6.38. The Morgan fingerprint density at radius 2 is 2.12 bits per heavy atom. The molecule has 1 saturated heterocycles. The van der Waals surface area contributed by atoms with E-state index in [0.29, 0.717) is 49.2 Å². The first kappa shape index (κ1) is 18.9. The van der Waals surface area contributed by atoms with Crippen molar-refractivity contribution in [2.24, 2.45) is 5.41 Å². The molecule has 1 aromatic rings. The fourth-order valence-corrected chi connectivity index (χ4v) is 3.23. The van der Waals surface area contributed by atoms with Crippen LogP contribution in [-0.4, -0.2) is 42.3 Å². The first-order valence-electron chi connectivity index (χ1n) is 8.43. The van der Waals surface area contributed by atoms with Crippen LogP contribution in [0.2, 0.25) is 5.02 Å². The van der Waals surface area contributed by atoms with Crippen LogP contribution in [0.15, 0.2) is 12.1 Å². The number of ether oxygens (including phenoxy) is 2. The van der Waals surface area contributed by atoms with E-state index in [2.05, 4.69) is 4.90 Å². The minimum Gasteiger partial charge on any atom is -0.490 e. The van der Waals surface area contributed by atoms with Crippen LogP contribution in [-0.2, 0) is 11.3 Å². The summed E-state index contributed by atoms with van der Waals surface area (Å²) in [5.74, 6) is 0.496. The fourth-order valence-electron chi connectivity index (χ4n) is 2.94. The van der Waals surface area contributed by atoms with E-state index in [0.717, 1.165) is 18.5 Å². The van der Waals surface area contributed by atoms with Gasteiger partial charge in [0.25, 0.3) is 0 Å². The molecule has 0 radical (unpaired) electrons. The highest BCUT2D eigenvalue weighted by Gasteiger charge is 2.40. The van der Waals surface area contributed by atoms with Gasteiger partial charge < -0.3 is 14.6 Å². The second kappa shape index (κ2) is 8.08. The van der Waals surface area contributed by atoms with Crippen molar-refractivity contribution in [3.05, 3.63) is 22.7 Å². The lowest BCUT2D eigenvalue weighted by molar-refractivity contribution is -0.147. The molecule has 0 aromatic heterocycles. The normalized spacial score (nSPS) is 21.0. The summed E-state index contributed by atoms with van der Waals surface area (Å²) in [5, 5.41) is 9.88. The van der Waals surface area contributed by atoms with Crippen LogP contribution in [0.4, 0.5) is 0 Å². The maximum absolute atomic E-state index is 11.4. The van der Waals surface area contributed by atoms with Crippen LogP contribution in [0, 0.1) is 5.41 Å². The summed E-state index contributed by atoms with van der Waals surface area (Å²) in [7, 11) is 0. The minimum absolute atomic E-state index is 0.531. The zero-order valence-corrected chi connectivity index (χ0v) is 15.4. The van der Waals surface area contributed by atoms with Gasteiger partial charge >= 0.3 is 5.97 Å². The second-order valence-electron chi connectivity index (χ2n) is 6.51. The smallest absolute Gasteiger partial charge is 0.310 e. The van der Waals surface area contributed by atoms with Crippen LogP contribution in [0.3, 0.4) is 0 Å². The molecule has 0 spiro atoms. The average molecular weight is 356 g/mol. The van der Waals surface area contributed by atoms with Crippen molar-refractivity contribution in [1.82, 2.24) is 4.90 Å². The third-order valence-electron chi connectivity index (χ3n) is 4.29. The number of aliphatic carboxylic acids is 1. The largest absolute Gasteiger partial charge is 0.490 e. The van der Waals surface area contributed by atoms with Crippen LogP contribution in [0.1, 0.15) is 39.2 Å². The van der Waals surface area contributed by atoms with E-state index in [9.17, 15) is 9.90 Å². The Morgan fingerprint density at radius 3 is 2.71 bits per heavy atom. The molecule has 0 aliphatic carbocycles. The summed E-state index contributed by atoms with van der Waals surface area (Å²) in [5.41, 5.74) is 0.332. The molecule has 1 aliphatic rings. The Kier molecular flexibility index (Phi) is 6.35. The van der Waals surface area contributed by atoms with E-state index in [-0.39, 0.29) is 0 Å². The Bertz CT molecular complexity index is 593. The molecule has 1 N–H and O–H groups in total. The van der Waals surface area contributed by atoms with E-state index in [1.54, 1.807) is 6.92 Å². The van der Waals surface area contributed by atoms with E-state index >= 15 is 0 Å². The SMILES string of the molecule is CCCOc1c(Cl)cc(CN2CCC(C)(C(=O)O)C2)cc1OCC. The summed E-state index contributed by atoms with van der Waals surface area (Å²) in [6.07, 6.45) is 1.55. The lowest BCUT2D eigenvalue weighted by Gasteiger charge is -2.21. The van der Waals surface area contributed by atoms with Gasteiger partial charge in [0.1, 0.15) is 0 Å². The van der Waals surface area contributed by atoms with Crippen LogP contribution >= 0.6 is 11.6 Å². The van der Waals surface area contributed by atoms with Gasteiger partial charge in [0.05, 0.1) is 23.7 Å². The van der Waals surface area contributed by atoms with Crippen molar-refractivity contribution in [1.29, 1.82) is 0 Å². The van der Waals surface area contributed by atoms with Crippen molar-refractivity contribution in [3.63, 3.8) is 0 Å². The van der Waals surface area contributed by atoms with Crippen LogP contribution < -0.4 is 9.47 Å². The molecule has 1 aromatic carbocycles. The van der Waals surface area contributed by atoms with Crippen molar-refractivity contribution < 1.29 is 19.4 Å². The average Bonchev–Trinajstić information content (AvgIpc) is 2.89. The zero-order chi connectivity index (χ0) is 17.7. The van der Waals surface area contributed by atoms with E-state index in [1.807, 2.05) is 26.0 Å². The number of carboxylic acids is 1. The van der Waals surface area contributed by atoms with Crippen molar-refractivity contribution >= 4 is 17.6 Å². The van der Waals surface area contributed by atoms with E-state index < -0.39 is 11.4 Å². The molecule has 1 aliphatic heterocycles. The first-order valence-corrected chi connectivity index (χ1v) is 8.81. The number of hydrogen-bond acceptors (Lipinski definition) is 4. The first-order chi connectivity index (χ1) is 11.4. The number of halogens is 1. The molecular weight excluding hydrogens is 330 g/mol. The summed E-state index contributed by atoms with van der Waals surface area (Å²) < 4.78 is 11.4. The van der Waals surface area contributed by atoms with Crippen molar-refractivity contribution in [2.45, 2.75) is 40.2 Å². The number of carbonyl (C=O) groups is 1. The number of likely N-dealkylation sites (tertiary alicyclic amines) is 1. The molecule has 134 valence electrons. The van der Waals surface area contributed by atoms with Gasteiger partial charge in [-0.25, -0.2) is 0 Å². The summed E-state index contributed by atoms with van der Waals surface area (Å²) in [6.45, 7) is 8.83. The number of benzene rings is 1. The summed E-state index contributed by atoms with van der Waals surface area (Å²) in [6, 6.07) is 3.82. The molecule has 0 saturated carbocycles. The monoisotopic (exact) mass is 355 g/mol. The standard InChI is InChI=1S/C18H26ClNO4/c1-4-8-24-16-14(19)9-13(10-15(16)23-5-2)11-20-7-6-18(3,12-20)17(21)22/h9-10H,4-8,11-12H2,1-3H3,(H,21,22). The Hall–Kier alpha value is -1.46. The van der Waals surface area contributed by atoms with Gasteiger partial charge in [-0.3, -0.25) is 9.69 Å². The quantitative estimate of drug-likeness (QED) is 0.768. The van der Waals surface area contributed by atoms with Crippen LogP contribution in [0.5, 0.6) is 11.5 Å².